The molecule has 0 unspecified atom stereocenters. The second-order valence-corrected chi connectivity index (χ2v) is 5.39. The van der Waals surface area contributed by atoms with Gasteiger partial charge in [0.05, 0.1) is 11.6 Å². The maximum absolute atomic E-state index is 11.9. The Bertz CT molecular complexity index is 502. The molecule has 20 heavy (non-hydrogen) atoms. The number of hydrogen-bond acceptors (Lipinski definition) is 4. The fourth-order valence-electron chi connectivity index (χ4n) is 1.47. The third kappa shape index (κ3) is 3.96. The Morgan fingerprint density at radius 1 is 1.45 bits per heavy atom. The van der Waals surface area contributed by atoms with E-state index >= 15 is 0 Å². The fourth-order valence-corrected chi connectivity index (χ4v) is 2.05. The SMILES string of the molecule is COc1cc(C=O)cc(Br)c1OCC(=O)N(C)C(C)C. The summed E-state index contributed by atoms with van der Waals surface area (Å²) in [7, 11) is 3.20. The van der Waals surface area contributed by atoms with Gasteiger partial charge in [0, 0.05) is 18.7 Å². The first kappa shape index (κ1) is 16.5. The zero-order valence-corrected chi connectivity index (χ0v) is 13.6. The molecule has 1 rings (SSSR count). The number of carbonyl (C=O) groups is 2. The zero-order valence-electron chi connectivity index (χ0n) is 12.0. The van der Waals surface area contributed by atoms with E-state index in [0.29, 0.717) is 21.5 Å². The highest BCUT2D eigenvalue weighted by Crippen LogP contribution is 2.36. The third-order valence-electron chi connectivity index (χ3n) is 2.90. The number of ether oxygens (including phenoxy) is 2. The summed E-state index contributed by atoms with van der Waals surface area (Å²) in [6.07, 6.45) is 0.717. The van der Waals surface area contributed by atoms with Gasteiger partial charge in [0.25, 0.3) is 5.91 Å². The van der Waals surface area contributed by atoms with Crippen LogP contribution in [0, 0.1) is 0 Å². The maximum Gasteiger partial charge on any atom is 0.260 e. The van der Waals surface area contributed by atoms with Crippen molar-refractivity contribution in [2.75, 3.05) is 20.8 Å². The molecule has 0 aliphatic carbocycles. The molecule has 0 aromatic heterocycles. The minimum absolute atomic E-state index is 0.0932. The number of likely N-dealkylation sites (N-methyl/N-ethyl adjacent to an activating group) is 1. The molecule has 0 aliphatic rings. The van der Waals surface area contributed by atoms with Crippen molar-refractivity contribution in [2.45, 2.75) is 19.9 Å². The number of aldehydes is 1. The van der Waals surface area contributed by atoms with Gasteiger partial charge in [-0.3, -0.25) is 9.59 Å². The van der Waals surface area contributed by atoms with Crippen molar-refractivity contribution in [1.29, 1.82) is 0 Å². The van der Waals surface area contributed by atoms with Crippen molar-refractivity contribution < 1.29 is 19.1 Å². The Hall–Kier alpha value is -1.56. The van der Waals surface area contributed by atoms with Gasteiger partial charge in [0.2, 0.25) is 0 Å². The van der Waals surface area contributed by atoms with Gasteiger partial charge >= 0.3 is 0 Å². The highest BCUT2D eigenvalue weighted by Gasteiger charge is 2.16. The largest absolute Gasteiger partial charge is 0.493 e. The first-order valence-electron chi connectivity index (χ1n) is 6.11. The highest BCUT2D eigenvalue weighted by molar-refractivity contribution is 9.10. The molecule has 0 bridgehead atoms. The molecule has 0 spiro atoms. The van der Waals surface area contributed by atoms with E-state index in [0.717, 1.165) is 6.29 Å². The second kappa shape index (κ2) is 7.28. The summed E-state index contributed by atoms with van der Waals surface area (Å²) < 4.78 is 11.3. The van der Waals surface area contributed by atoms with E-state index in [1.165, 1.54) is 7.11 Å². The monoisotopic (exact) mass is 343 g/mol. The van der Waals surface area contributed by atoms with Crippen LogP contribution >= 0.6 is 15.9 Å². The van der Waals surface area contributed by atoms with Gasteiger partial charge in [-0.1, -0.05) is 0 Å². The number of benzene rings is 1. The van der Waals surface area contributed by atoms with Crippen LogP contribution in [-0.4, -0.2) is 43.9 Å². The molecule has 0 saturated carbocycles. The first-order chi connectivity index (χ1) is 9.40. The molecule has 0 aliphatic heterocycles. The molecule has 1 amide bonds. The third-order valence-corrected chi connectivity index (χ3v) is 3.48. The van der Waals surface area contributed by atoms with Crippen LogP contribution in [0.15, 0.2) is 16.6 Å². The molecule has 0 saturated heterocycles. The molecule has 0 heterocycles. The molecule has 0 atom stereocenters. The van der Waals surface area contributed by atoms with Crippen LogP contribution in [0.5, 0.6) is 11.5 Å². The van der Waals surface area contributed by atoms with E-state index in [1.807, 2.05) is 13.8 Å². The lowest BCUT2D eigenvalue weighted by Crippen LogP contribution is -2.36. The van der Waals surface area contributed by atoms with Crippen LogP contribution in [0.2, 0.25) is 0 Å². The smallest absolute Gasteiger partial charge is 0.260 e. The summed E-state index contributed by atoms with van der Waals surface area (Å²) in [5.41, 5.74) is 0.465. The Kier molecular flexibility index (Phi) is 6.01. The Morgan fingerprint density at radius 3 is 2.60 bits per heavy atom. The van der Waals surface area contributed by atoms with Crippen molar-refractivity contribution in [2.24, 2.45) is 0 Å². The average molecular weight is 344 g/mol. The molecule has 5 nitrogen and oxygen atoms in total. The Morgan fingerprint density at radius 2 is 2.10 bits per heavy atom. The lowest BCUT2D eigenvalue weighted by Gasteiger charge is -2.22. The molecule has 1 aromatic rings. The molecule has 0 N–H and O–H groups in total. The predicted octanol–water partition coefficient (Wildman–Crippen LogP) is 2.52. The van der Waals surface area contributed by atoms with Crippen molar-refractivity contribution in [1.82, 2.24) is 4.90 Å². The molecule has 0 fully saturated rings. The van der Waals surface area contributed by atoms with Crippen LogP contribution in [0.4, 0.5) is 0 Å². The van der Waals surface area contributed by atoms with Gasteiger partial charge in [-0.05, 0) is 41.9 Å². The van der Waals surface area contributed by atoms with Gasteiger partial charge < -0.3 is 14.4 Å². The lowest BCUT2D eigenvalue weighted by atomic mass is 10.2. The molecule has 6 heteroatoms. The number of amides is 1. The molecule has 1 aromatic carbocycles. The van der Waals surface area contributed by atoms with E-state index in [1.54, 1.807) is 24.1 Å². The van der Waals surface area contributed by atoms with Gasteiger partial charge in [-0.25, -0.2) is 0 Å². The molecule has 0 radical (unpaired) electrons. The van der Waals surface area contributed by atoms with Gasteiger partial charge in [0.15, 0.2) is 18.1 Å². The quantitative estimate of drug-likeness (QED) is 0.744. The number of carbonyl (C=O) groups excluding carboxylic acids is 2. The van der Waals surface area contributed by atoms with Crippen LogP contribution < -0.4 is 9.47 Å². The highest BCUT2D eigenvalue weighted by atomic mass is 79.9. The summed E-state index contributed by atoms with van der Waals surface area (Å²) >= 11 is 3.31. The summed E-state index contributed by atoms with van der Waals surface area (Å²) in [5.74, 6) is 0.679. The predicted molar refractivity (Wildman–Crippen MR) is 79.5 cm³/mol. The van der Waals surface area contributed by atoms with Gasteiger partial charge in [-0.2, -0.15) is 0 Å². The molecular weight excluding hydrogens is 326 g/mol. The normalized spacial score (nSPS) is 10.3. The second-order valence-electron chi connectivity index (χ2n) is 4.54. The van der Waals surface area contributed by atoms with E-state index in [-0.39, 0.29) is 18.6 Å². The van der Waals surface area contributed by atoms with E-state index in [2.05, 4.69) is 15.9 Å². The number of halogens is 1. The lowest BCUT2D eigenvalue weighted by molar-refractivity contribution is -0.133. The number of nitrogens with zero attached hydrogens (tertiary/aromatic N) is 1. The van der Waals surface area contributed by atoms with Crippen molar-refractivity contribution >= 4 is 28.1 Å². The van der Waals surface area contributed by atoms with Crippen LogP contribution in [-0.2, 0) is 4.79 Å². The van der Waals surface area contributed by atoms with E-state index in [4.69, 9.17) is 9.47 Å². The topological polar surface area (TPSA) is 55.8 Å². The van der Waals surface area contributed by atoms with Gasteiger partial charge in [0.1, 0.15) is 6.29 Å². The van der Waals surface area contributed by atoms with Crippen LogP contribution in [0.3, 0.4) is 0 Å². The zero-order chi connectivity index (χ0) is 15.3. The van der Waals surface area contributed by atoms with E-state index < -0.39 is 0 Å². The minimum Gasteiger partial charge on any atom is -0.493 e. The minimum atomic E-state index is -0.131. The van der Waals surface area contributed by atoms with Crippen molar-refractivity contribution in [3.8, 4) is 11.5 Å². The standard InChI is InChI=1S/C14H18BrNO4/c1-9(2)16(3)13(18)8-20-14-11(15)5-10(7-17)6-12(14)19-4/h5-7,9H,8H2,1-4H3. The Labute approximate surface area is 127 Å². The molecular formula is C14H18BrNO4. The van der Waals surface area contributed by atoms with Crippen LogP contribution in [0.1, 0.15) is 24.2 Å². The van der Waals surface area contributed by atoms with Gasteiger partial charge in [-0.15, -0.1) is 0 Å². The summed E-state index contributed by atoms with van der Waals surface area (Å²) in [4.78, 5) is 24.3. The molecule has 110 valence electrons. The number of rotatable bonds is 6. The summed E-state index contributed by atoms with van der Waals surface area (Å²) in [6.45, 7) is 3.75. The maximum atomic E-state index is 11.9. The summed E-state index contributed by atoms with van der Waals surface area (Å²) in [5, 5.41) is 0. The van der Waals surface area contributed by atoms with E-state index in [9.17, 15) is 9.59 Å². The summed E-state index contributed by atoms with van der Waals surface area (Å²) in [6, 6.07) is 3.28. The number of hydrogen-bond donors (Lipinski definition) is 0. The average Bonchev–Trinajstić information content (AvgIpc) is 2.43. The fraction of sp³-hybridized carbons (Fsp3) is 0.429. The van der Waals surface area contributed by atoms with Crippen molar-refractivity contribution in [3.05, 3.63) is 22.2 Å². The first-order valence-corrected chi connectivity index (χ1v) is 6.91. The number of methoxy groups -OCH3 is 1. The Balaban J connectivity index is 2.87. The van der Waals surface area contributed by atoms with Crippen LogP contribution in [0.25, 0.3) is 0 Å². The van der Waals surface area contributed by atoms with Crippen molar-refractivity contribution in [3.63, 3.8) is 0 Å².